The van der Waals surface area contributed by atoms with Crippen LogP contribution in [-0.4, -0.2) is 21.4 Å². The van der Waals surface area contributed by atoms with E-state index >= 15 is 0 Å². The van der Waals surface area contributed by atoms with E-state index in [2.05, 4.69) is 27.6 Å². The maximum atomic E-state index is 11.4. The van der Waals surface area contributed by atoms with Gasteiger partial charge in [-0.25, -0.2) is 4.98 Å². The Kier molecular flexibility index (Phi) is 8.00. The van der Waals surface area contributed by atoms with Crippen molar-refractivity contribution in [3.63, 3.8) is 0 Å². The number of aromatic nitrogens is 1. The van der Waals surface area contributed by atoms with Crippen LogP contribution in [-0.2, 0) is 4.79 Å². The largest absolute Gasteiger partial charge is 1.00 e. The van der Waals surface area contributed by atoms with Gasteiger partial charge in [-0.15, -0.1) is 0 Å². The van der Waals surface area contributed by atoms with Gasteiger partial charge in [0, 0.05) is 4.43 Å². The van der Waals surface area contributed by atoms with E-state index in [4.69, 9.17) is 4.74 Å². The molecule has 0 aliphatic carbocycles. The Morgan fingerprint density at radius 3 is 2.50 bits per heavy atom. The number of hydrogen-bond acceptors (Lipinski definition) is 5. The van der Waals surface area contributed by atoms with Crippen LogP contribution in [0.15, 0.2) is 6.07 Å². The van der Waals surface area contributed by atoms with E-state index in [9.17, 15) is 14.7 Å². The third-order valence-electron chi connectivity index (χ3n) is 2.05. The number of halogens is 1. The van der Waals surface area contributed by atoms with Gasteiger partial charge in [-0.1, -0.05) is 22.6 Å². The number of nitrogens with zero attached hydrogens (tertiary/aromatic N) is 1. The molecule has 0 unspecified atom stereocenters. The van der Waals surface area contributed by atoms with Crippen molar-refractivity contribution in [2.75, 3.05) is 4.43 Å². The summed E-state index contributed by atoms with van der Waals surface area (Å²) < 4.78 is 5.80. The Labute approximate surface area is 141 Å². The molecule has 0 saturated carbocycles. The number of carbonyl (C=O) groups excluding carboxylic acids is 2. The first-order chi connectivity index (χ1) is 7.95. The summed E-state index contributed by atoms with van der Waals surface area (Å²) in [5.74, 6) is -1.38. The molecule has 1 rings (SSSR count). The molecular weight excluding hydrogens is 360 g/mol. The smallest absolute Gasteiger partial charge is 0.543 e. The third kappa shape index (κ3) is 4.83. The zero-order chi connectivity index (χ0) is 13.0. The summed E-state index contributed by atoms with van der Waals surface area (Å²) in [6, 6.07) is 1.33. The van der Waals surface area contributed by atoms with Gasteiger partial charge in [0.25, 0.3) is 0 Å². The average Bonchev–Trinajstić information content (AvgIpc) is 2.23. The summed E-state index contributed by atoms with van der Waals surface area (Å²) in [5, 5.41) is 10.7. The van der Waals surface area contributed by atoms with E-state index in [0.717, 1.165) is 0 Å². The summed E-state index contributed by atoms with van der Waals surface area (Å²) in [6.45, 7) is 3.25. The molecule has 0 N–H and O–H groups in total. The number of carboxylic acid groups (broad SMARTS) is 1. The zero-order valence-corrected chi connectivity index (χ0v) is 14.6. The van der Waals surface area contributed by atoms with Gasteiger partial charge in [0.2, 0.25) is 0 Å². The van der Waals surface area contributed by atoms with E-state index in [1.807, 2.05) is 0 Å². The second-order valence-electron chi connectivity index (χ2n) is 3.44. The van der Waals surface area contributed by atoms with Crippen LogP contribution in [0.5, 0.6) is 5.75 Å². The van der Waals surface area contributed by atoms with Crippen molar-refractivity contribution in [1.82, 2.24) is 4.98 Å². The monoisotopic (exact) mass is 371 g/mol. The fraction of sp³-hybridized carbons (Fsp3) is 0.364. The van der Waals surface area contributed by atoms with Gasteiger partial charge in [-0.2, -0.15) is 0 Å². The molecule has 0 aliphatic heterocycles. The number of aryl methyl sites for hydroxylation is 2. The number of esters is 1. The van der Waals surface area contributed by atoms with Gasteiger partial charge in [0.15, 0.2) is 5.75 Å². The molecule has 1 aromatic rings. The molecular formula is C11H11INNaO4. The van der Waals surface area contributed by atoms with Crippen molar-refractivity contribution in [2.45, 2.75) is 20.3 Å². The van der Waals surface area contributed by atoms with Crippen molar-refractivity contribution >= 4 is 34.5 Å². The first-order valence-corrected chi connectivity index (χ1v) is 6.44. The summed E-state index contributed by atoms with van der Waals surface area (Å²) in [6.07, 6.45) is 0.307. The Hall–Kier alpha value is -0.180. The minimum Gasteiger partial charge on any atom is -0.543 e. The van der Waals surface area contributed by atoms with Crippen LogP contribution >= 0.6 is 22.6 Å². The van der Waals surface area contributed by atoms with Crippen LogP contribution < -0.4 is 39.4 Å². The number of pyridine rings is 1. The third-order valence-corrected chi connectivity index (χ3v) is 2.59. The molecule has 0 amide bonds. The molecule has 1 heterocycles. The van der Waals surface area contributed by atoms with Gasteiger partial charge >= 0.3 is 35.5 Å². The molecule has 7 heteroatoms. The first kappa shape index (κ1) is 17.8. The zero-order valence-electron chi connectivity index (χ0n) is 10.4. The predicted molar refractivity (Wildman–Crippen MR) is 67.2 cm³/mol. The van der Waals surface area contributed by atoms with Gasteiger partial charge in [-0.05, 0) is 25.5 Å². The SMILES string of the molecule is Cc1cc(C(=O)[O-])nc(C)c1OC(=O)CCI.[Na+]. The van der Waals surface area contributed by atoms with E-state index < -0.39 is 5.97 Å². The first-order valence-electron chi connectivity index (χ1n) is 4.92. The van der Waals surface area contributed by atoms with Crippen molar-refractivity contribution < 1.29 is 49.0 Å². The van der Waals surface area contributed by atoms with Crippen molar-refractivity contribution in [1.29, 1.82) is 0 Å². The minimum atomic E-state index is -1.35. The van der Waals surface area contributed by atoms with Crippen LogP contribution in [0.2, 0.25) is 0 Å². The van der Waals surface area contributed by atoms with Crippen LogP contribution in [0, 0.1) is 13.8 Å². The standard InChI is InChI=1S/C11H12INO4.Na/c1-6-5-8(11(15)16)13-7(2)10(6)17-9(14)3-4-12;/h5H,3-4H2,1-2H3,(H,15,16);/q;+1/p-1. The topological polar surface area (TPSA) is 79.3 Å². The van der Waals surface area contributed by atoms with E-state index in [-0.39, 0.29) is 41.2 Å². The second kappa shape index (κ2) is 8.08. The van der Waals surface area contributed by atoms with Crippen LogP contribution in [0.4, 0.5) is 0 Å². The summed E-state index contributed by atoms with van der Waals surface area (Å²) >= 11 is 2.07. The van der Waals surface area contributed by atoms with E-state index in [0.29, 0.717) is 27.9 Å². The van der Waals surface area contributed by atoms with E-state index in [1.165, 1.54) is 6.07 Å². The fourth-order valence-corrected chi connectivity index (χ4v) is 1.76. The summed E-state index contributed by atoms with van der Waals surface area (Å²) in [4.78, 5) is 25.8. The van der Waals surface area contributed by atoms with Gasteiger partial charge in [0.05, 0.1) is 23.8 Å². The Morgan fingerprint density at radius 2 is 2.06 bits per heavy atom. The van der Waals surface area contributed by atoms with E-state index in [1.54, 1.807) is 13.8 Å². The van der Waals surface area contributed by atoms with Crippen molar-refractivity contribution in [3.8, 4) is 5.75 Å². The minimum absolute atomic E-state index is 0. The quantitative estimate of drug-likeness (QED) is 0.260. The molecule has 18 heavy (non-hydrogen) atoms. The maximum Gasteiger partial charge on any atom is 1.00 e. The van der Waals surface area contributed by atoms with Gasteiger partial charge < -0.3 is 14.6 Å². The number of ether oxygens (including phenoxy) is 1. The maximum absolute atomic E-state index is 11.4. The van der Waals surface area contributed by atoms with Gasteiger partial charge in [-0.3, -0.25) is 4.79 Å². The summed E-state index contributed by atoms with van der Waals surface area (Å²) in [5.41, 5.74) is 0.762. The Morgan fingerprint density at radius 1 is 1.44 bits per heavy atom. The van der Waals surface area contributed by atoms with Crippen LogP contribution in [0.1, 0.15) is 28.2 Å². The number of rotatable bonds is 4. The average molecular weight is 371 g/mol. The number of aromatic carboxylic acids is 1. The number of carbonyl (C=O) groups is 2. The van der Waals surface area contributed by atoms with Crippen LogP contribution in [0.3, 0.4) is 0 Å². The fourth-order valence-electron chi connectivity index (χ4n) is 1.32. The van der Waals surface area contributed by atoms with Crippen molar-refractivity contribution in [3.05, 3.63) is 23.0 Å². The molecule has 5 nitrogen and oxygen atoms in total. The van der Waals surface area contributed by atoms with Crippen LogP contribution in [0.25, 0.3) is 0 Å². The molecule has 0 bridgehead atoms. The molecule has 1 aromatic heterocycles. The molecule has 0 saturated heterocycles. The predicted octanol–water partition coefficient (Wildman–Crippen LogP) is -2.20. The molecule has 0 aliphatic rings. The number of alkyl halides is 1. The molecule has 92 valence electrons. The van der Waals surface area contributed by atoms with Crippen molar-refractivity contribution in [2.24, 2.45) is 0 Å². The molecule has 0 spiro atoms. The second-order valence-corrected chi connectivity index (χ2v) is 4.52. The molecule has 0 atom stereocenters. The molecule has 0 aromatic carbocycles. The van der Waals surface area contributed by atoms with Gasteiger partial charge in [0.1, 0.15) is 0 Å². The molecule has 0 fully saturated rings. The Balaban J connectivity index is 0.00000289. The Bertz CT molecular complexity index is 441. The number of hydrogen-bond donors (Lipinski definition) is 0. The summed E-state index contributed by atoms with van der Waals surface area (Å²) in [7, 11) is 0. The normalized spacial score (nSPS) is 9.50. The number of carboxylic acids is 1. The molecule has 0 radical (unpaired) electrons.